The van der Waals surface area contributed by atoms with Gasteiger partial charge in [0.25, 0.3) is 0 Å². The molecule has 1 aliphatic rings. The Bertz CT molecular complexity index is 265. The third-order valence-corrected chi connectivity index (χ3v) is 3.22. The molecule has 0 aromatic rings. The van der Waals surface area contributed by atoms with Crippen LogP contribution in [0.4, 0.5) is 0 Å². The first-order valence-corrected chi connectivity index (χ1v) is 5.63. The lowest BCUT2D eigenvalue weighted by Gasteiger charge is -2.57. The van der Waals surface area contributed by atoms with E-state index in [1.165, 1.54) is 0 Å². The Morgan fingerprint density at radius 3 is 2.50 bits per heavy atom. The zero-order valence-corrected chi connectivity index (χ0v) is 10.9. The number of β-lactam (4-membered cyclic amide) rings is 1. The van der Waals surface area contributed by atoms with Gasteiger partial charge in [-0.25, -0.2) is 0 Å². The lowest BCUT2D eigenvalue weighted by atomic mass is 9.69. The van der Waals surface area contributed by atoms with Gasteiger partial charge in [0.05, 0.1) is 11.5 Å². The van der Waals surface area contributed by atoms with Crippen LogP contribution in [0.3, 0.4) is 0 Å². The molecule has 0 N–H and O–H groups in total. The molecule has 14 heavy (non-hydrogen) atoms. The zero-order chi connectivity index (χ0) is 11.1. The van der Waals surface area contributed by atoms with Gasteiger partial charge in [-0.05, 0) is 27.7 Å². The van der Waals surface area contributed by atoms with Gasteiger partial charge in [0.15, 0.2) is 0 Å². The number of likely N-dealkylation sites (tertiary alicyclic amines) is 1. The van der Waals surface area contributed by atoms with Crippen LogP contribution in [0, 0.1) is 5.41 Å². The van der Waals surface area contributed by atoms with E-state index < -0.39 is 0 Å². The molecule has 0 aromatic heterocycles. The van der Waals surface area contributed by atoms with Crippen LogP contribution in [0.25, 0.3) is 0 Å². The summed E-state index contributed by atoms with van der Waals surface area (Å²) in [4.78, 5) is 13.7. The molecule has 1 fully saturated rings. The quantitative estimate of drug-likeness (QED) is 0.434. The van der Waals surface area contributed by atoms with Crippen molar-refractivity contribution in [1.29, 1.82) is 0 Å². The fourth-order valence-electron chi connectivity index (χ4n) is 2.48. The van der Waals surface area contributed by atoms with Crippen LogP contribution in [0.2, 0.25) is 0 Å². The molecule has 1 atom stereocenters. The summed E-state index contributed by atoms with van der Waals surface area (Å²) >= 11 is 3.64. The molecule has 0 spiro atoms. The van der Waals surface area contributed by atoms with Crippen LogP contribution in [0.15, 0.2) is 12.7 Å². The average Bonchev–Trinajstić information content (AvgIpc) is 2.00. The first kappa shape index (κ1) is 11.8. The highest BCUT2D eigenvalue weighted by Gasteiger charge is 2.58. The van der Waals surface area contributed by atoms with Crippen LogP contribution in [-0.4, -0.2) is 27.7 Å². The molecular weight excluding hydrogens is 242 g/mol. The number of rotatable bonds is 3. The first-order chi connectivity index (χ1) is 6.23. The maximum Gasteiger partial charge on any atom is 0.230 e. The topological polar surface area (TPSA) is 20.3 Å². The first-order valence-electron chi connectivity index (χ1n) is 4.83. The Kier molecular flexibility index (Phi) is 2.83. The van der Waals surface area contributed by atoms with Crippen molar-refractivity contribution < 1.29 is 4.79 Å². The van der Waals surface area contributed by atoms with Crippen molar-refractivity contribution in [2.24, 2.45) is 5.41 Å². The van der Waals surface area contributed by atoms with Crippen molar-refractivity contribution in [1.82, 2.24) is 4.90 Å². The van der Waals surface area contributed by atoms with Gasteiger partial charge in [-0.1, -0.05) is 22.0 Å². The van der Waals surface area contributed by atoms with Gasteiger partial charge in [0.2, 0.25) is 5.91 Å². The minimum Gasteiger partial charge on any atom is -0.333 e. The Morgan fingerprint density at radius 1 is 1.64 bits per heavy atom. The molecule has 0 bridgehead atoms. The van der Waals surface area contributed by atoms with Crippen LogP contribution < -0.4 is 0 Å². The number of amides is 1. The summed E-state index contributed by atoms with van der Waals surface area (Å²) in [6.45, 7) is 12.5. The molecule has 0 aromatic carbocycles. The largest absolute Gasteiger partial charge is 0.333 e. The van der Waals surface area contributed by atoms with E-state index in [0.29, 0.717) is 6.54 Å². The molecule has 0 radical (unpaired) electrons. The van der Waals surface area contributed by atoms with Gasteiger partial charge in [-0.15, -0.1) is 6.58 Å². The molecule has 1 unspecified atom stereocenters. The lowest BCUT2D eigenvalue weighted by molar-refractivity contribution is -0.168. The van der Waals surface area contributed by atoms with Gasteiger partial charge in [-0.3, -0.25) is 4.79 Å². The standard InChI is InChI=1S/C11H18BrNO/c1-6-7-13-8(11(4,5)12)10(2,3)9(13)14/h6,8H,1,7H2,2-5H3. The summed E-state index contributed by atoms with van der Waals surface area (Å²) in [5.74, 6) is 0.218. The van der Waals surface area contributed by atoms with Gasteiger partial charge in [-0.2, -0.15) is 0 Å². The van der Waals surface area contributed by atoms with E-state index in [4.69, 9.17) is 0 Å². The van der Waals surface area contributed by atoms with Gasteiger partial charge >= 0.3 is 0 Å². The summed E-state index contributed by atoms with van der Waals surface area (Å²) in [6.07, 6.45) is 1.78. The van der Waals surface area contributed by atoms with Crippen molar-refractivity contribution in [3.05, 3.63) is 12.7 Å². The highest BCUT2D eigenvalue weighted by Crippen LogP contribution is 2.46. The molecule has 3 heteroatoms. The van der Waals surface area contributed by atoms with E-state index in [9.17, 15) is 4.79 Å². The number of halogens is 1. The molecule has 0 saturated carbocycles. The fourth-order valence-corrected chi connectivity index (χ4v) is 3.30. The maximum atomic E-state index is 11.8. The molecule has 1 heterocycles. The van der Waals surface area contributed by atoms with Gasteiger partial charge < -0.3 is 4.90 Å². The molecule has 1 rings (SSSR count). The third kappa shape index (κ3) is 1.62. The number of nitrogens with zero attached hydrogens (tertiary/aromatic N) is 1. The molecule has 80 valence electrons. The van der Waals surface area contributed by atoms with Crippen molar-refractivity contribution in [3.8, 4) is 0 Å². The summed E-state index contributed by atoms with van der Waals surface area (Å²) < 4.78 is -0.0482. The Morgan fingerprint density at radius 2 is 2.14 bits per heavy atom. The second kappa shape index (κ2) is 3.37. The van der Waals surface area contributed by atoms with E-state index in [1.807, 2.05) is 18.7 Å². The fraction of sp³-hybridized carbons (Fsp3) is 0.727. The Hall–Kier alpha value is -0.310. The van der Waals surface area contributed by atoms with E-state index >= 15 is 0 Å². The lowest BCUT2D eigenvalue weighted by Crippen LogP contribution is -2.71. The molecule has 1 amide bonds. The number of alkyl halides is 1. The van der Waals surface area contributed by atoms with E-state index in [0.717, 1.165) is 0 Å². The summed E-state index contributed by atoms with van der Waals surface area (Å²) in [7, 11) is 0. The number of carbonyl (C=O) groups excluding carboxylic acids is 1. The van der Waals surface area contributed by atoms with E-state index in [2.05, 4.69) is 36.4 Å². The molecule has 1 saturated heterocycles. The number of hydrogen-bond donors (Lipinski definition) is 0. The van der Waals surface area contributed by atoms with E-state index in [-0.39, 0.29) is 21.7 Å². The second-order valence-electron chi connectivity index (χ2n) is 4.93. The van der Waals surface area contributed by atoms with Crippen molar-refractivity contribution in [3.63, 3.8) is 0 Å². The number of carbonyl (C=O) groups is 1. The van der Waals surface area contributed by atoms with Crippen molar-refractivity contribution >= 4 is 21.8 Å². The van der Waals surface area contributed by atoms with Crippen LogP contribution in [-0.2, 0) is 4.79 Å². The van der Waals surface area contributed by atoms with Crippen LogP contribution in [0.5, 0.6) is 0 Å². The molecule has 0 aliphatic carbocycles. The van der Waals surface area contributed by atoms with Crippen LogP contribution in [0.1, 0.15) is 27.7 Å². The Balaban J connectivity index is 2.90. The Labute approximate surface area is 94.5 Å². The van der Waals surface area contributed by atoms with Crippen molar-refractivity contribution in [2.75, 3.05) is 6.54 Å². The smallest absolute Gasteiger partial charge is 0.230 e. The molecule has 2 nitrogen and oxygen atoms in total. The monoisotopic (exact) mass is 259 g/mol. The summed E-state index contributed by atoms with van der Waals surface area (Å²) in [5.41, 5.74) is -0.254. The SMILES string of the molecule is C=CCN1C(=O)C(C)(C)C1C(C)(C)Br. The highest BCUT2D eigenvalue weighted by molar-refractivity contribution is 9.10. The average molecular weight is 260 g/mol. The van der Waals surface area contributed by atoms with Crippen molar-refractivity contribution in [2.45, 2.75) is 38.1 Å². The third-order valence-electron chi connectivity index (χ3n) is 2.78. The predicted molar refractivity (Wildman–Crippen MR) is 62.5 cm³/mol. The number of hydrogen-bond acceptors (Lipinski definition) is 1. The normalized spacial score (nSPS) is 25.9. The summed E-state index contributed by atoms with van der Waals surface area (Å²) in [5, 5.41) is 0. The minimum atomic E-state index is -0.254. The minimum absolute atomic E-state index is 0.0482. The molecular formula is C11H18BrNO. The van der Waals surface area contributed by atoms with Gasteiger partial charge in [0, 0.05) is 10.9 Å². The highest BCUT2D eigenvalue weighted by atomic mass is 79.9. The second-order valence-corrected chi connectivity index (χ2v) is 6.98. The zero-order valence-electron chi connectivity index (χ0n) is 9.30. The maximum absolute atomic E-state index is 11.8. The van der Waals surface area contributed by atoms with E-state index in [1.54, 1.807) is 6.08 Å². The summed E-state index contributed by atoms with van der Waals surface area (Å²) in [6, 6.07) is 0.237. The van der Waals surface area contributed by atoms with Gasteiger partial charge in [0.1, 0.15) is 0 Å². The molecule has 1 aliphatic heterocycles. The van der Waals surface area contributed by atoms with Crippen LogP contribution >= 0.6 is 15.9 Å². The predicted octanol–water partition coefficient (Wildman–Crippen LogP) is 2.58.